The number of sulfone groups is 1. The molecular formula is C20H22N2O8S2. The standard InChI is InChI=1S/C20H22N2O8S2/c1-12-3-4-14(20(24)25)10-18(12)32(28,29)22-16-9-13(5-6-17(16)30-2)19(23)21-15-7-8-31(26,27)11-15/h3-6,9-10,15,22H,7-8,11H2,1-2H3,(H,21,23)(H,24,25). The summed E-state index contributed by atoms with van der Waals surface area (Å²) in [5.74, 6) is -1.83. The third kappa shape index (κ3) is 5.19. The summed E-state index contributed by atoms with van der Waals surface area (Å²) in [6.07, 6.45) is 0.308. The van der Waals surface area contributed by atoms with Crippen molar-refractivity contribution in [2.75, 3.05) is 23.3 Å². The molecule has 0 saturated carbocycles. The van der Waals surface area contributed by atoms with Crippen molar-refractivity contribution in [3.8, 4) is 5.75 Å². The topological polar surface area (TPSA) is 156 Å². The van der Waals surface area contributed by atoms with Gasteiger partial charge in [-0.25, -0.2) is 21.6 Å². The predicted molar refractivity (Wildman–Crippen MR) is 116 cm³/mol. The van der Waals surface area contributed by atoms with Crippen LogP contribution in [0.15, 0.2) is 41.3 Å². The number of carbonyl (C=O) groups excluding carboxylic acids is 1. The van der Waals surface area contributed by atoms with Crippen LogP contribution in [0.1, 0.15) is 32.7 Å². The van der Waals surface area contributed by atoms with Crippen molar-refractivity contribution in [1.82, 2.24) is 5.32 Å². The minimum atomic E-state index is -4.22. The van der Waals surface area contributed by atoms with E-state index in [0.29, 0.717) is 12.0 Å². The molecule has 3 rings (SSSR count). The summed E-state index contributed by atoms with van der Waals surface area (Å²) in [6.45, 7) is 1.52. The zero-order chi connectivity index (χ0) is 23.7. The maximum atomic E-state index is 13.0. The lowest BCUT2D eigenvalue weighted by Gasteiger charge is -2.16. The molecule has 0 bridgehead atoms. The van der Waals surface area contributed by atoms with Crippen molar-refractivity contribution in [2.45, 2.75) is 24.3 Å². The first-order valence-electron chi connectivity index (χ1n) is 9.48. The van der Waals surface area contributed by atoms with E-state index < -0.39 is 37.8 Å². The summed E-state index contributed by atoms with van der Waals surface area (Å²) >= 11 is 0. The van der Waals surface area contributed by atoms with Crippen LogP contribution in [0.4, 0.5) is 5.69 Å². The first kappa shape index (κ1) is 23.5. The molecule has 172 valence electrons. The summed E-state index contributed by atoms with van der Waals surface area (Å²) in [5, 5.41) is 11.8. The highest BCUT2D eigenvalue weighted by Gasteiger charge is 2.29. The molecule has 0 spiro atoms. The summed E-state index contributed by atoms with van der Waals surface area (Å²) in [6, 6.07) is 7.30. The first-order valence-corrected chi connectivity index (χ1v) is 12.8. The number of carboxylic acids is 1. The molecule has 0 radical (unpaired) electrons. The highest BCUT2D eigenvalue weighted by Crippen LogP contribution is 2.29. The van der Waals surface area contributed by atoms with E-state index in [1.54, 1.807) is 0 Å². The molecule has 1 unspecified atom stereocenters. The predicted octanol–water partition coefficient (Wildman–Crippen LogP) is 1.42. The molecule has 2 aromatic rings. The molecule has 3 N–H and O–H groups in total. The highest BCUT2D eigenvalue weighted by molar-refractivity contribution is 7.92. The fourth-order valence-electron chi connectivity index (χ4n) is 3.33. The SMILES string of the molecule is COc1ccc(C(=O)NC2CCS(=O)(=O)C2)cc1NS(=O)(=O)c1cc(C(=O)O)ccc1C. The van der Waals surface area contributed by atoms with Gasteiger partial charge in [-0.2, -0.15) is 0 Å². The van der Waals surface area contributed by atoms with Gasteiger partial charge in [-0.05, 0) is 49.2 Å². The largest absolute Gasteiger partial charge is 0.495 e. The monoisotopic (exact) mass is 482 g/mol. The fraction of sp³-hybridized carbons (Fsp3) is 0.300. The number of amides is 1. The van der Waals surface area contributed by atoms with E-state index in [-0.39, 0.29) is 39.0 Å². The zero-order valence-electron chi connectivity index (χ0n) is 17.3. The lowest BCUT2D eigenvalue weighted by molar-refractivity contribution is 0.0696. The Bertz CT molecular complexity index is 1290. The molecule has 0 aromatic heterocycles. The maximum absolute atomic E-state index is 13.0. The Labute approximate surface area is 185 Å². The Kier molecular flexibility index (Phi) is 6.46. The van der Waals surface area contributed by atoms with Crippen LogP contribution in [0.5, 0.6) is 5.75 Å². The van der Waals surface area contributed by atoms with Gasteiger partial charge < -0.3 is 15.2 Å². The average molecular weight is 483 g/mol. The van der Waals surface area contributed by atoms with Crippen LogP contribution in [0.2, 0.25) is 0 Å². The molecular weight excluding hydrogens is 460 g/mol. The summed E-state index contributed by atoms with van der Waals surface area (Å²) < 4.78 is 56.7. The number of ether oxygens (including phenoxy) is 1. The van der Waals surface area contributed by atoms with Gasteiger partial charge in [0.15, 0.2) is 9.84 Å². The molecule has 1 saturated heterocycles. The quantitative estimate of drug-likeness (QED) is 0.535. The molecule has 32 heavy (non-hydrogen) atoms. The number of aryl methyl sites for hydroxylation is 1. The Hall–Kier alpha value is -3.12. The van der Waals surface area contributed by atoms with Crippen molar-refractivity contribution in [1.29, 1.82) is 0 Å². The summed E-state index contributed by atoms with van der Waals surface area (Å²) in [4.78, 5) is 23.6. The van der Waals surface area contributed by atoms with Gasteiger partial charge in [0.05, 0.1) is 34.8 Å². The second kappa shape index (κ2) is 8.79. The Morgan fingerprint density at radius 3 is 2.41 bits per heavy atom. The number of hydrogen-bond donors (Lipinski definition) is 3. The first-order chi connectivity index (χ1) is 14.9. The van der Waals surface area contributed by atoms with E-state index in [9.17, 15) is 26.4 Å². The van der Waals surface area contributed by atoms with Gasteiger partial charge in [-0.3, -0.25) is 9.52 Å². The van der Waals surface area contributed by atoms with E-state index in [2.05, 4.69) is 10.0 Å². The van der Waals surface area contributed by atoms with Crippen molar-refractivity contribution >= 4 is 37.4 Å². The number of carbonyl (C=O) groups is 2. The van der Waals surface area contributed by atoms with E-state index in [1.807, 2.05) is 0 Å². The van der Waals surface area contributed by atoms with Gasteiger partial charge in [-0.15, -0.1) is 0 Å². The smallest absolute Gasteiger partial charge is 0.335 e. The Morgan fingerprint density at radius 2 is 1.81 bits per heavy atom. The van der Waals surface area contributed by atoms with Crippen LogP contribution < -0.4 is 14.8 Å². The Balaban J connectivity index is 1.90. The summed E-state index contributed by atoms with van der Waals surface area (Å²) in [5.41, 5.74) is 0.212. The van der Waals surface area contributed by atoms with Crippen molar-refractivity contribution in [3.05, 3.63) is 53.1 Å². The zero-order valence-corrected chi connectivity index (χ0v) is 18.9. The number of sulfonamides is 1. The van der Waals surface area contributed by atoms with Crippen LogP contribution in [0.25, 0.3) is 0 Å². The van der Waals surface area contributed by atoms with Gasteiger partial charge >= 0.3 is 5.97 Å². The van der Waals surface area contributed by atoms with Gasteiger partial charge in [0.25, 0.3) is 15.9 Å². The normalized spacial score (nSPS) is 17.5. The highest BCUT2D eigenvalue weighted by atomic mass is 32.2. The number of hydrogen-bond acceptors (Lipinski definition) is 7. The average Bonchev–Trinajstić information content (AvgIpc) is 3.05. The van der Waals surface area contributed by atoms with Crippen molar-refractivity contribution in [3.63, 3.8) is 0 Å². The van der Waals surface area contributed by atoms with Crippen LogP contribution in [0.3, 0.4) is 0 Å². The van der Waals surface area contributed by atoms with Gasteiger partial charge in [-0.1, -0.05) is 6.07 Å². The lowest BCUT2D eigenvalue weighted by atomic mass is 10.1. The van der Waals surface area contributed by atoms with Crippen LogP contribution in [-0.4, -0.2) is 58.5 Å². The van der Waals surface area contributed by atoms with Crippen LogP contribution in [0, 0.1) is 6.92 Å². The van der Waals surface area contributed by atoms with E-state index in [1.165, 1.54) is 44.4 Å². The summed E-state index contributed by atoms with van der Waals surface area (Å²) in [7, 11) is -6.07. The van der Waals surface area contributed by atoms with Crippen LogP contribution >= 0.6 is 0 Å². The van der Waals surface area contributed by atoms with Gasteiger partial charge in [0.2, 0.25) is 0 Å². The van der Waals surface area contributed by atoms with Gasteiger partial charge in [0, 0.05) is 11.6 Å². The van der Waals surface area contributed by atoms with E-state index in [0.717, 1.165) is 6.07 Å². The maximum Gasteiger partial charge on any atom is 0.335 e. The number of anilines is 1. The fourth-order valence-corrected chi connectivity index (χ4v) is 6.34. The Morgan fingerprint density at radius 1 is 1.12 bits per heavy atom. The van der Waals surface area contributed by atoms with Crippen molar-refractivity contribution in [2.24, 2.45) is 0 Å². The number of methoxy groups -OCH3 is 1. The molecule has 1 aliphatic heterocycles. The third-order valence-electron chi connectivity index (χ3n) is 5.00. The number of carboxylic acid groups (broad SMARTS) is 1. The molecule has 10 nitrogen and oxygen atoms in total. The molecule has 0 aliphatic carbocycles. The van der Waals surface area contributed by atoms with E-state index in [4.69, 9.17) is 9.84 Å². The molecule has 1 aliphatic rings. The molecule has 1 amide bonds. The van der Waals surface area contributed by atoms with Crippen LogP contribution in [-0.2, 0) is 19.9 Å². The molecule has 1 atom stereocenters. The minimum absolute atomic E-state index is 0.000363. The number of aromatic carboxylic acids is 1. The molecule has 1 heterocycles. The second-order valence-corrected chi connectivity index (χ2v) is 11.3. The van der Waals surface area contributed by atoms with E-state index >= 15 is 0 Å². The minimum Gasteiger partial charge on any atom is -0.495 e. The number of nitrogens with one attached hydrogen (secondary N) is 2. The van der Waals surface area contributed by atoms with Gasteiger partial charge in [0.1, 0.15) is 5.75 Å². The third-order valence-corrected chi connectivity index (χ3v) is 8.27. The number of benzene rings is 2. The molecule has 12 heteroatoms. The second-order valence-electron chi connectivity index (χ2n) is 7.38. The molecule has 1 fully saturated rings. The van der Waals surface area contributed by atoms with Crippen molar-refractivity contribution < 1.29 is 36.3 Å². The lowest BCUT2D eigenvalue weighted by Crippen LogP contribution is -2.35. The molecule has 2 aromatic carbocycles. The number of rotatable bonds is 7.